The Balaban J connectivity index is 1.74. The van der Waals surface area contributed by atoms with Crippen molar-refractivity contribution in [2.24, 2.45) is 0 Å². The van der Waals surface area contributed by atoms with Gasteiger partial charge in [0.15, 0.2) is 17.1 Å². The van der Waals surface area contributed by atoms with Gasteiger partial charge in [-0.1, -0.05) is 29.8 Å². The van der Waals surface area contributed by atoms with Gasteiger partial charge in [0.1, 0.15) is 11.5 Å². The summed E-state index contributed by atoms with van der Waals surface area (Å²) in [6.45, 7) is 5.53. The van der Waals surface area contributed by atoms with E-state index in [-0.39, 0.29) is 11.9 Å². The number of aromatic nitrogens is 5. The van der Waals surface area contributed by atoms with Crippen LogP contribution in [-0.2, 0) is 11.2 Å². The summed E-state index contributed by atoms with van der Waals surface area (Å²) in [5.74, 6) is 1.63. The third kappa shape index (κ3) is 4.46. The number of amides is 1. The number of piperazine rings is 1. The number of hydrogen-bond donors (Lipinski definition) is 2. The van der Waals surface area contributed by atoms with Crippen LogP contribution in [0, 0.1) is 0 Å². The number of halogens is 2. The highest BCUT2D eigenvalue weighted by molar-refractivity contribution is 6.41. The van der Waals surface area contributed by atoms with E-state index in [0.717, 1.165) is 0 Å². The molecule has 1 fully saturated rings. The average Bonchev–Trinajstić information content (AvgIpc) is 3.37. The van der Waals surface area contributed by atoms with Crippen LogP contribution in [0.15, 0.2) is 31.0 Å². The molecule has 1 atom stereocenters. The van der Waals surface area contributed by atoms with Crippen LogP contribution in [0.3, 0.4) is 0 Å². The summed E-state index contributed by atoms with van der Waals surface area (Å²) >= 11 is 13.6. The van der Waals surface area contributed by atoms with Gasteiger partial charge in [-0.15, -0.1) is 5.10 Å². The van der Waals surface area contributed by atoms with Crippen molar-refractivity contribution < 1.29 is 14.3 Å². The molecule has 4 aromatic rings. The van der Waals surface area contributed by atoms with Gasteiger partial charge >= 0.3 is 0 Å². The number of rotatable bonds is 7. The zero-order valence-electron chi connectivity index (χ0n) is 21.1. The highest BCUT2D eigenvalue weighted by Crippen LogP contribution is 2.47. The van der Waals surface area contributed by atoms with E-state index in [9.17, 15) is 4.79 Å². The standard InChI is InChI=1S/C25H26Cl2N8O3/c1-5-19(36)34-7-6-29-12-14(34)9-18-31-24-15(20-21(26)16(37-3)10-17(38-4)22(20)27)8-13-11-30-25(28-2)32-23(13)35(24)33-18/h5,8,10-11,14,29H,1,6-7,9,12H2,2-4H3,(H,28,30,32). The SMILES string of the molecule is C=CC(=O)N1CCNCC1Cc1nc2c(-c3c(Cl)c(OC)cc(OC)c3Cl)cc3cnc(NC)nc3n2n1. The first kappa shape index (κ1) is 26.0. The summed E-state index contributed by atoms with van der Waals surface area (Å²) in [5, 5.41) is 12.4. The molecule has 38 heavy (non-hydrogen) atoms. The number of carbonyl (C=O) groups is 1. The number of hydrogen-bond acceptors (Lipinski definition) is 9. The Morgan fingerprint density at radius 1 is 1.21 bits per heavy atom. The van der Waals surface area contributed by atoms with Gasteiger partial charge in [0.05, 0.1) is 30.3 Å². The van der Waals surface area contributed by atoms with Gasteiger partial charge < -0.3 is 25.0 Å². The maximum Gasteiger partial charge on any atom is 0.246 e. The lowest BCUT2D eigenvalue weighted by molar-refractivity contribution is -0.129. The minimum Gasteiger partial charge on any atom is -0.495 e. The maximum absolute atomic E-state index is 12.5. The number of fused-ring (bicyclic) bond motifs is 3. The first-order chi connectivity index (χ1) is 18.4. The van der Waals surface area contributed by atoms with Gasteiger partial charge in [0.2, 0.25) is 11.9 Å². The van der Waals surface area contributed by atoms with Crippen molar-refractivity contribution in [3.63, 3.8) is 0 Å². The van der Waals surface area contributed by atoms with E-state index >= 15 is 0 Å². The molecule has 198 valence electrons. The smallest absolute Gasteiger partial charge is 0.246 e. The molecule has 1 aliphatic rings. The third-order valence-corrected chi connectivity index (χ3v) is 7.23. The molecule has 1 aliphatic heterocycles. The number of pyridine rings is 1. The molecule has 4 heterocycles. The molecule has 11 nitrogen and oxygen atoms in total. The summed E-state index contributed by atoms with van der Waals surface area (Å²) in [7, 11) is 4.78. The van der Waals surface area contributed by atoms with Crippen molar-refractivity contribution in [3.8, 4) is 22.6 Å². The Hall–Kier alpha value is -3.67. The van der Waals surface area contributed by atoms with Gasteiger partial charge in [-0.05, 0) is 12.1 Å². The molecular weight excluding hydrogens is 531 g/mol. The minimum absolute atomic E-state index is 0.125. The summed E-state index contributed by atoms with van der Waals surface area (Å²) < 4.78 is 12.6. The molecule has 1 amide bonds. The lowest BCUT2D eigenvalue weighted by Gasteiger charge is -2.35. The lowest BCUT2D eigenvalue weighted by atomic mass is 10.0. The molecule has 0 saturated carbocycles. The zero-order chi connectivity index (χ0) is 27.0. The molecule has 0 bridgehead atoms. The molecule has 0 aliphatic carbocycles. The van der Waals surface area contributed by atoms with Crippen molar-refractivity contribution in [3.05, 3.63) is 46.9 Å². The van der Waals surface area contributed by atoms with Gasteiger partial charge in [-0.3, -0.25) is 4.79 Å². The summed E-state index contributed by atoms with van der Waals surface area (Å²) in [6, 6.07) is 3.35. The monoisotopic (exact) mass is 556 g/mol. The highest BCUT2D eigenvalue weighted by Gasteiger charge is 2.28. The van der Waals surface area contributed by atoms with Crippen molar-refractivity contribution in [1.29, 1.82) is 0 Å². The predicted octanol–water partition coefficient (Wildman–Crippen LogP) is 3.23. The van der Waals surface area contributed by atoms with Crippen LogP contribution >= 0.6 is 23.2 Å². The zero-order valence-corrected chi connectivity index (χ0v) is 22.6. The number of methoxy groups -OCH3 is 2. The van der Waals surface area contributed by atoms with Gasteiger partial charge in [-0.2, -0.15) is 9.50 Å². The number of nitrogens with zero attached hydrogens (tertiary/aromatic N) is 6. The Labute approximate surface area is 228 Å². The first-order valence-electron chi connectivity index (χ1n) is 11.9. The van der Waals surface area contributed by atoms with Crippen LogP contribution in [0.4, 0.5) is 5.95 Å². The Bertz CT molecular complexity index is 1530. The molecule has 0 radical (unpaired) electrons. The quantitative estimate of drug-likeness (QED) is 0.330. The molecule has 1 unspecified atom stereocenters. The molecule has 13 heteroatoms. The van der Waals surface area contributed by atoms with Crippen molar-refractivity contribution in [2.45, 2.75) is 12.5 Å². The number of benzene rings is 1. The Kier molecular flexibility index (Phi) is 7.24. The first-order valence-corrected chi connectivity index (χ1v) is 12.6. The van der Waals surface area contributed by atoms with Crippen LogP contribution in [0.25, 0.3) is 27.8 Å². The fourth-order valence-electron chi connectivity index (χ4n) is 4.62. The highest BCUT2D eigenvalue weighted by atomic mass is 35.5. The van der Waals surface area contributed by atoms with Gasteiger partial charge in [0, 0.05) is 61.9 Å². The molecule has 0 spiro atoms. The molecular formula is C25H26Cl2N8O3. The largest absolute Gasteiger partial charge is 0.495 e. The summed E-state index contributed by atoms with van der Waals surface area (Å²) in [4.78, 5) is 28.1. The van der Waals surface area contributed by atoms with Gasteiger partial charge in [0.25, 0.3) is 0 Å². The summed E-state index contributed by atoms with van der Waals surface area (Å²) in [5.41, 5.74) is 2.11. The second-order valence-electron chi connectivity index (χ2n) is 8.63. The van der Waals surface area contributed by atoms with E-state index in [1.165, 1.54) is 20.3 Å². The fraction of sp³-hybridized carbons (Fsp3) is 0.320. The van der Waals surface area contributed by atoms with Crippen molar-refractivity contribution >= 4 is 51.7 Å². The van der Waals surface area contributed by atoms with Crippen LogP contribution < -0.4 is 20.1 Å². The molecule has 5 rings (SSSR count). The minimum atomic E-state index is -0.145. The molecule has 1 saturated heterocycles. The summed E-state index contributed by atoms with van der Waals surface area (Å²) in [6.07, 6.45) is 3.44. The van der Waals surface area contributed by atoms with E-state index in [1.54, 1.807) is 28.7 Å². The topological polar surface area (TPSA) is 119 Å². The second kappa shape index (κ2) is 10.6. The Morgan fingerprint density at radius 3 is 2.61 bits per heavy atom. The normalized spacial score (nSPS) is 15.6. The van der Waals surface area contributed by atoms with E-state index in [1.807, 2.05) is 6.07 Å². The molecule has 3 aromatic heterocycles. The van der Waals surface area contributed by atoms with E-state index < -0.39 is 0 Å². The number of ether oxygens (including phenoxy) is 2. The molecule has 2 N–H and O–H groups in total. The number of anilines is 1. The van der Waals surface area contributed by atoms with Crippen molar-refractivity contribution in [2.75, 3.05) is 46.2 Å². The number of nitrogens with one attached hydrogen (secondary N) is 2. The fourth-order valence-corrected chi connectivity index (χ4v) is 5.33. The van der Waals surface area contributed by atoms with E-state index in [2.05, 4.69) is 27.2 Å². The van der Waals surface area contributed by atoms with E-state index in [0.29, 0.717) is 87.2 Å². The van der Waals surface area contributed by atoms with Crippen LogP contribution in [0.1, 0.15) is 5.82 Å². The van der Waals surface area contributed by atoms with Crippen LogP contribution in [-0.4, -0.2) is 82.3 Å². The van der Waals surface area contributed by atoms with Crippen LogP contribution in [0.5, 0.6) is 11.5 Å². The third-order valence-electron chi connectivity index (χ3n) is 6.48. The van der Waals surface area contributed by atoms with E-state index in [4.69, 9.17) is 42.8 Å². The Morgan fingerprint density at radius 2 is 1.95 bits per heavy atom. The van der Waals surface area contributed by atoms with Gasteiger partial charge in [-0.25, -0.2) is 9.97 Å². The second-order valence-corrected chi connectivity index (χ2v) is 9.38. The van der Waals surface area contributed by atoms with Crippen molar-refractivity contribution in [1.82, 2.24) is 34.8 Å². The predicted molar refractivity (Wildman–Crippen MR) is 146 cm³/mol. The maximum atomic E-state index is 12.5. The van der Waals surface area contributed by atoms with Crippen LogP contribution in [0.2, 0.25) is 10.0 Å². The average molecular weight is 557 g/mol. The lowest BCUT2D eigenvalue weighted by Crippen LogP contribution is -2.54. The molecule has 1 aromatic carbocycles. The number of carbonyl (C=O) groups excluding carboxylic acids is 1.